The lowest BCUT2D eigenvalue weighted by Gasteiger charge is -2.27. The number of rotatable bonds is 12. The zero-order valence-electron chi connectivity index (χ0n) is 20.8. The van der Waals surface area contributed by atoms with E-state index in [1.165, 1.54) is 6.07 Å². The highest BCUT2D eigenvalue weighted by Crippen LogP contribution is 2.46. The molecule has 1 atom stereocenters. The van der Waals surface area contributed by atoms with Crippen LogP contribution in [0.25, 0.3) is 11.3 Å². The summed E-state index contributed by atoms with van der Waals surface area (Å²) in [7, 11) is 1.64. The number of fused-ring (bicyclic) bond motifs is 1. The molecule has 1 aliphatic rings. The minimum Gasteiger partial charge on any atom is -0.507 e. The molecule has 1 amide bonds. The molecule has 8 nitrogen and oxygen atoms in total. The minimum atomic E-state index is -0.444. The summed E-state index contributed by atoms with van der Waals surface area (Å²) in [5.41, 5.74) is 2.89. The van der Waals surface area contributed by atoms with Gasteiger partial charge in [-0.05, 0) is 55.7 Å². The number of benzene rings is 2. The van der Waals surface area contributed by atoms with Gasteiger partial charge in [-0.1, -0.05) is 31.0 Å². The number of phenols is 1. The van der Waals surface area contributed by atoms with E-state index in [9.17, 15) is 9.90 Å². The van der Waals surface area contributed by atoms with E-state index < -0.39 is 6.04 Å². The maximum atomic E-state index is 13.5. The number of carbonyl (C=O) groups excluding carboxylic acids is 1. The Morgan fingerprint density at radius 2 is 1.92 bits per heavy atom. The van der Waals surface area contributed by atoms with Crippen LogP contribution in [0.2, 0.25) is 5.02 Å². The summed E-state index contributed by atoms with van der Waals surface area (Å²) in [6, 6.07) is 10.1. The van der Waals surface area contributed by atoms with Crippen molar-refractivity contribution in [2.75, 3.05) is 33.5 Å². The van der Waals surface area contributed by atoms with E-state index in [4.69, 9.17) is 25.8 Å². The normalized spacial score (nSPS) is 14.8. The highest BCUT2D eigenvalue weighted by molar-refractivity contribution is 6.31. The molecular formula is C27H32ClN3O5. The maximum absolute atomic E-state index is 13.5. The summed E-state index contributed by atoms with van der Waals surface area (Å²) in [6.07, 6.45) is 2.65. The molecule has 1 unspecified atom stereocenters. The van der Waals surface area contributed by atoms with E-state index in [0.29, 0.717) is 71.8 Å². The van der Waals surface area contributed by atoms with Crippen LogP contribution < -0.4 is 9.47 Å². The van der Waals surface area contributed by atoms with Gasteiger partial charge in [0.1, 0.15) is 17.1 Å². The molecule has 2 heterocycles. The number of hydrogen-bond donors (Lipinski definition) is 2. The predicted molar refractivity (Wildman–Crippen MR) is 138 cm³/mol. The van der Waals surface area contributed by atoms with Gasteiger partial charge in [-0.2, -0.15) is 5.10 Å². The molecule has 9 heteroatoms. The number of unbranched alkanes of at least 4 members (excludes halogenated alkanes) is 1. The molecule has 0 aliphatic carbocycles. The standard InChI is InChI=1S/C27H32ClN3O5/c1-4-6-14-36-21-11-8-17(15-22(21)35-5-2)26-23-24(19-16-18(28)9-10-20(19)32)29-30-25(23)27(33)31(26)12-7-13-34-3/h8-11,15-16,26,32H,4-7,12-14H2,1-3H3,(H,29,30). The predicted octanol–water partition coefficient (Wildman–Crippen LogP) is 5.60. The number of aromatic hydroxyl groups is 1. The van der Waals surface area contributed by atoms with Gasteiger partial charge in [0.15, 0.2) is 11.5 Å². The lowest BCUT2D eigenvalue weighted by atomic mass is 9.95. The molecule has 2 N–H and O–H groups in total. The fourth-order valence-corrected chi connectivity index (χ4v) is 4.64. The van der Waals surface area contributed by atoms with Crippen molar-refractivity contribution in [3.05, 3.63) is 58.2 Å². The van der Waals surface area contributed by atoms with Crippen molar-refractivity contribution < 1.29 is 24.1 Å². The molecule has 0 bridgehead atoms. The molecule has 192 valence electrons. The van der Waals surface area contributed by atoms with E-state index in [2.05, 4.69) is 17.1 Å². The Labute approximate surface area is 216 Å². The van der Waals surface area contributed by atoms with Crippen molar-refractivity contribution in [3.8, 4) is 28.5 Å². The smallest absolute Gasteiger partial charge is 0.273 e. The summed E-state index contributed by atoms with van der Waals surface area (Å²) >= 11 is 6.23. The first-order chi connectivity index (χ1) is 17.5. The zero-order valence-corrected chi connectivity index (χ0v) is 21.6. The molecule has 36 heavy (non-hydrogen) atoms. The molecule has 0 radical (unpaired) electrons. The topological polar surface area (TPSA) is 96.9 Å². The Morgan fingerprint density at radius 3 is 2.67 bits per heavy atom. The third-order valence-electron chi connectivity index (χ3n) is 6.16. The third kappa shape index (κ3) is 5.15. The van der Waals surface area contributed by atoms with Crippen LogP contribution in [-0.2, 0) is 4.74 Å². The molecule has 4 rings (SSSR count). The van der Waals surface area contributed by atoms with E-state index in [1.54, 1.807) is 24.1 Å². The van der Waals surface area contributed by atoms with Gasteiger partial charge in [0.2, 0.25) is 0 Å². The number of ether oxygens (including phenoxy) is 3. The largest absolute Gasteiger partial charge is 0.507 e. The molecule has 0 saturated carbocycles. The van der Waals surface area contributed by atoms with Crippen molar-refractivity contribution in [2.24, 2.45) is 0 Å². The van der Waals surface area contributed by atoms with Crippen LogP contribution in [0.1, 0.15) is 60.8 Å². The first-order valence-corrected chi connectivity index (χ1v) is 12.6. The first kappa shape index (κ1) is 25.9. The first-order valence-electron chi connectivity index (χ1n) is 12.3. The van der Waals surface area contributed by atoms with Crippen molar-refractivity contribution in [2.45, 2.75) is 39.2 Å². The van der Waals surface area contributed by atoms with Crippen LogP contribution in [0.3, 0.4) is 0 Å². The van der Waals surface area contributed by atoms with Gasteiger partial charge in [-0.3, -0.25) is 9.89 Å². The Balaban J connectivity index is 1.81. The third-order valence-corrected chi connectivity index (χ3v) is 6.40. The number of carbonyl (C=O) groups is 1. The average molecular weight is 514 g/mol. The van der Waals surface area contributed by atoms with E-state index in [0.717, 1.165) is 18.4 Å². The molecule has 1 aliphatic heterocycles. The SMILES string of the molecule is CCCCOc1ccc(C2c3c(-c4cc(Cl)ccc4O)n[nH]c3C(=O)N2CCCOC)cc1OCC. The Kier molecular flexibility index (Phi) is 8.38. The summed E-state index contributed by atoms with van der Waals surface area (Å²) < 4.78 is 17.1. The number of phenolic OH excluding ortho intramolecular Hbond substituents is 1. The van der Waals surface area contributed by atoms with Gasteiger partial charge in [-0.15, -0.1) is 0 Å². The van der Waals surface area contributed by atoms with Crippen molar-refractivity contribution >= 4 is 17.5 Å². The zero-order chi connectivity index (χ0) is 25.7. The van der Waals surface area contributed by atoms with Gasteiger partial charge in [0.05, 0.1) is 19.3 Å². The fraction of sp³-hybridized carbons (Fsp3) is 0.407. The number of aromatic nitrogens is 2. The highest BCUT2D eigenvalue weighted by Gasteiger charge is 2.42. The molecular weight excluding hydrogens is 482 g/mol. The second kappa shape index (κ2) is 11.7. The van der Waals surface area contributed by atoms with Crippen LogP contribution >= 0.6 is 11.6 Å². The quantitative estimate of drug-likeness (QED) is 0.306. The van der Waals surface area contributed by atoms with Crippen LogP contribution in [0.5, 0.6) is 17.2 Å². The van der Waals surface area contributed by atoms with Crippen LogP contribution in [0.15, 0.2) is 36.4 Å². The molecule has 2 aromatic carbocycles. The van der Waals surface area contributed by atoms with Gasteiger partial charge < -0.3 is 24.2 Å². The lowest BCUT2D eigenvalue weighted by molar-refractivity contribution is 0.0723. The molecule has 0 spiro atoms. The average Bonchev–Trinajstić information content (AvgIpc) is 3.41. The summed E-state index contributed by atoms with van der Waals surface area (Å²) in [5.74, 6) is 1.17. The molecule has 1 aromatic heterocycles. The van der Waals surface area contributed by atoms with Gasteiger partial charge in [0.25, 0.3) is 5.91 Å². The van der Waals surface area contributed by atoms with E-state index in [-0.39, 0.29) is 11.7 Å². The summed E-state index contributed by atoms with van der Waals surface area (Å²) in [6.45, 7) is 6.13. The number of H-pyrrole nitrogens is 1. The summed E-state index contributed by atoms with van der Waals surface area (Å²) in [5, 5.41) is 18.4. The minimum absolute atomic E-state index is 0.0346. The maximum Gasteiger partial charge on any atom is 0.273 e. The lowest BCUT2D eigenvalue weighted by Crippen LogP contribution is -2.31. The Morgan fingerprint density at radius 1 is 1.08 bits per heavy atom. The number of hydrogen-bond acceptors (Lipinski definition) is 6. The molecule has 0 fully saturated rings. The number of nitrogens with one attached hydrogen (secondary N) is 1. The number of amides is 1. The van der Waals surface area contributed by atoms with Gasteiger partial charge in [-0.25, -0.2) is 0 Å². The number of nitrogens with zero attached hydrogens (tertiary/aromatic N) is 2. The Hall–Kier alpha value is -3.23. The van der Waals surface area contributed by atoms with Crippen molar-refractivity contribution in [1.82, 2.24) is 15.1 Å². The van der Waals surface area contributed by atoms with Crippen LogP contribution in [0.4, 0.5) is 0 Å². The monoisotopic (exact) mass is 513 g/mol. The van der Waals surface area contributed by atoms with Crippen LogP contribution in [0, 0.1) is 0 Å². The Bertz CT molecular complexity index is 1210. The number of aromatic amines is 1. The molecule has 0 saturated heterocycles. The second-order valence-electron chi connectivity index (χ2n) is 8.61. The van der Waals surface area contributed by atoms with E-state index >= 15 is 0 Å². The summed E-state index contributed by atoms with van der Waals surface area (Å²) in [4.78, 5) is 15.3. The second-order valence-corrected chi connectivity index (χ2v) is 9.05. The van der Waals surface area contributed by atoms with Crippen molar-refractivity contribution in [3.63, 3.8) is 0 Å². The van der Waals surface area contributed by atoms with Gasteiger partial charge >= 0.3 is 0 Å². The van der Waals surface area contributed by atoms with Crippen molar-refractivity contribution in [1.29, 1.82) is 0 Å². The number of halogens is 1. The number of methoxy groups -OCH3 is 1. The van der Waals surface area contributed by atoms with E-state index in [1.807, 2.05) is 25.1 Å². The fourth-order valence-electron chi connectivity index (χ4n) is 4.47. The highest BCUT2D eigenvalue weighted by atomic mass is 35.5. The van der Waals surface area contributed by atoms with Crippen LogP contribution in [-0.4, -0.2) is 59.6 Å². The van der Waals surface area contributed by atoms with Gasteiger partial charge in [0, 0.05) is 36.4 Å². The molecule has 3 aromatic rings.